The van der Waals surface area contributed by atoms with Gasteiger partial charge in [0.05, 0.1) is 6.04 Å². The van der Waals surface area contributed by atoms with Gasteiger partial charge in [0, 0.05) is 0 Å². The summed E-state index contributed by atoms with van der Waals surface area (Å²) in [6, 6.07) is 4.87. The minimum atomic E-state index is -0.475. The molecule has 0 aromatic heterocycles. The molecule has 3 heteroatoms. The average Bonchev–Trinajstić information content (AvgIpc) is 2.11. The fourth-order valence-corrected chi connectivity index (χ4v) is 1.18. The van der Waals surface area contributed by atoms with Crippen LogP contribution in [0.4, 0.5) is 0 Å². The van der Waals surface area contributed by atoms with Gasteiger partial charge in [-0.3, -0.25) is 4.79 Å². The second-order valence-corrected chi connectivity index (χ2v) is 3.54. The summed E-state index contributed by atoms with van der Waals surface area (Å²) in [7, 11) is 0. The molecule has 3 N–H and O–H groups in total. The molecule has 0 fully saturated rings. The number of ketones is 1. The van der Waals surface area contributed by atoms with Crippen LogP contribution in [0.3, 0.4) is 0 Å². The maximum atomic E-state index is 10.9. The topological polar surface area (TPSA) is 63.3 Å². The second kappa shape index (κ2) is 4.24. The molecule has 0 radical (unpaired) electrons. The van der Waals surface area contributed by atoms with Gasteiger partial charge in [0.1, 0.15) is 11.5 Å². The van der Waals surface area contributed by atoms with E-state index in [4.69, 9.17) is 5.73 Å². The van der Waals surface area contributed by atoms with E-state index in [9.17, 15) is 9.90 Å². The number of carbonyl (C=O) groups is 1. The summed E-state index contributed by atoms with van der Waals surface area (Å²) in [5, 5.41) is 9.43. The Morgan fingerprint density at radius 3 is 2.71 bits per heavy atom. The molecule has 0 saturated heterocycles. The van der Waals surface area contributed by atoms with Gasteiger partial charge in [0.25, 0.3) is 0 Å². The van der Waals surface area contributed by atoms with Gasteiger partial charge in [-0.05, 0) is 37.5 Å². The van der Waals surface area contributed by atoms with Crippen molar-refractivity contribution >= 4 is 5.78 Å². The second-order valence-electron chi connectivity index (χ2n) is 3.54. The Hall–Kier alpha value is -1.35. The fraction of sp³-hybridized carbons (Fsp3) is 0.364. The van der Waals surface area contributed by atoms with E-state index in [1.54, 1.807) is 6.07 Å². The number of nitrogens with two attached hydrogens (primary N) is 1. The van der Waals surface area contributed by atoms with Gasteiger partial charge in [-0.1, -0.05) is 12.1 Å². The monoisotopic (exact) mass is 193 g/mol. The molecule has 0 amide bonds. The summed E-state index contributed by atoms with van der Waals surface area (Å²) in [6.45, 7) is 3.29. The van der Waals surface area contributed by atoms with Gasteiger partial charge in [0.15, 0.2) is 0 Å². The number of aromatic hydroxyl groups is 1. The number of hydrogen-bond acceptors (Lipinski definition) is 3. The van der Waals surface area contributed by atoms with Crippen molar-refractivity contribution in [3.63, 3.8) is 0 Å². The first-order valence-electron chi connectivity index (χ1n) is 4.55. The molecule has 1 aromatic rings. The Bertz CT molecular complexity index is 347. The predicted octanol–water partition coefficient (Wildman–Crippen LogP) is 1.16. The van der Waals surface area contributed by atoms with E-state index in [0.717, 1.165) is 11.1 Å². The Morgan fingerprint density at radius 2 is 2.21 bits per heavy atom. The largest absolute Gasteiger partial charge is 0.508 e. The summed E-state index contributed by atoms with van der Waals surface area (Å²) < 4.78 is 0. The molecule has 76 valence electrons. The Morgan fingerprint density at radius 1 is 1.57 bits per heavy atom. The van der Waals surface area contributed by atoms with Crippen molar-refractivity contribution in [1.82, 2.24) is 0 Å². The van der Waals surface area contributed by atoms with Gasteiger partial charge in [-0.2, -0.15) is 0 Å². The van der Waals surface area contributed by atoms with E-state index < -0.39 is 6.04 Å². The molecular weight excluding hydrogens is 178 g/mol. The third-order valence-corrected chi connectivity index (χ3v) is 2.25. The molecule has 1 rings (SSSR count). The molecule has 1 atom stereocenters. The van der Waals surface area contributed by atoms with Crippen LogP contribution in [0.1, 0.15) is 18.1 Å². The molecule has 14 heavy (non-hydrogen) atoms. The van der Waals surface area contributed by atoms with Gasteiger partial charge in [-0.25, -0.2) is 0 Å². The van der Waals surface area contributed by atoms with Crippen LogP contribution in [-0.4, -0.2) is 16.9 Å². The van der Waals surface area contributed by atoms with Crippen molar-refractivity contribution in [1.29, 1.82) is 0 Å². The lowest BCUT2D eigenvalue weighted by atomic mass is 10.0. The van der Waals surface area contributed by atoms with Crippen LogP contribution < -0.4 is 5.73 Å². The first-order chi connectivity index (χ1) is 6.50. The van der Waals surface area contributed by atoms with Crippen LogP contribution in [-0.2, 0) is 11.2 Å². The lowest BCUT2D eigenvalue weighted by Crippen LogP contribution is -2.30. The van der Waals surface area contributed by atoms with Crippen molar-refractivity contribution in [2.24, 2.45) is 5.73 Å². The van der Waals surface area contributed by atoms with Crippen molar-refractivity contribution in [2.45, 2.75) is 26.3 Å². The van der Waals surface area contributed by atoms with Crippen LogP contribution in [0, 0.1) is 6.92 Å². The zero-order chi connectivity index (χ0) is 10.7. The zero-order valence-corrected chi connectivity index (χ0v) is 8.45. The molecule has 0 heterocycles. The predicted molar refractivity (Wildman–Crippen MR) is 55.2 cm³/mol. The van der Waals surface area contributed by atoms with E-state index in [-0.39, 0.29) is 11.5 Å². The third kappa shape index (κ3) is 2.57. The van der Waals surface area contributed by atoms with Crippen molar-refractivity contribution in [2.75, 3.05) is 0 Å². The zero-order valence-electron chi connectivity index (χ0n) is 8.45. The SMILES string of the molecule is CC(=O)C(N)Cc1ccc(C)c(O)c1. The molecule has 0 spiro atoms. The highest BCUT2D eigenvalue weighted by Gasteiger charge is 2.09. The number of hydrogen-bond donors (Lipinski definition) is 2. The Balaban J connectivity index is 2.78. The van der Waals surface area contributed by atoms with Crippen LogP contribution in [0.15, 0.2) is 18.2 Å². The maximum absolute atomic E-state index is 10.9. The lowest BCUT2D eigenvalue weighted by Gasteiger charge is -2.08. The average molecular weight is 193 g/mol. The smallest absolute Gasteiger partial charge is 0.146 e. The fourth-order valence-electron chi connectivity index (χ4n) is 1.18. The first-order valence-corrected chi connectivity index (χ1v) is 4.55. The highest BCUT2D eigenvalue weighted by Crippen LogP contribution is 2.18. The van der Waals surface area contributed by atoms with Crippen LogP contribution in [0.5, 0.6) is 5.75 Å². The highest BCUT2D eigenvalue weighted by molar-refractivity contribution is 5.81. The van der Waals surface area contributed by atoms with Gasteiger partial charge < -0.3 is 10.8 Å². The molecule has 1 aromatic carbocycles. The molecule has 0 aliphatic rings. The molecular formula is C11H15NO2. The lowest BCUT2D eigenvalue weighted by molar-refractivity contribution is -0.118. The minimum absolute atomic E-state index is 0.0370. The van der Waals surface area contributed by atoms with Crippen LogP contribution in [0.2, 0.25) is 0 Å². The van der Waals surface area contributed by atoms with E-state index in [2.05, 4.69) is 0 Å². The van der Waals surface area contributed by atoms with Crippen LogP contribution >= 0.6 is 0 Å². The number of phenols is 1. The first kappa shape index (κ1) is 10.7. The number of aryl methyl sites for hydroxylation is 1. The van der Waals surface area contributed by atoms with Gasteiger partial charge >= 0.3 is 0 Å². The molecule has 3 nitrogen and oxygen atoms in total. The number of benzene rings is 1. The van der Waals surface area contributed by atoms with Crippen LogP contribution in [0.25, 0.3) is 0 Å². The van der Waals surface area contributed by atoms with E-state index in [0.29, 0.717) is 6.42 Å². The van der Waals surface area contributed by atoms with E-state index in [1.807, 2.05) is 19.1 Å². The molecule has 0 aliphatic heterocycles. The summed E-state index contributed by atoms with van der Waals surface area (Å²) in [6.07, 6.45) is 0.475. The number of rotatable bonds is 3. The molecule has 0 saturated carbocycles. The molecule has 0 bridgehead atoms. The van der Waals surface area contributed by atoms with Gasteiger partial charge in [-0.15, -0.1) is 0 Å². The molecule has 0 aliphatic carbocycles. The summed E-state index contributed by atoms with van der Waals surface area (Å²) >= 11 is 0. The van der Waals surface area contributed by atoms with Crippen molar-refractivity contribution in [3.05, 3.63) is 29.3 Å². The standard InChI is InChI=1S/C11H15NO2/c1-7-3-4-9(6-11(7)14)5-10(12)8(2)13/h3-4,6,10,14H,5,12H2,1-2H3. The number of phenolic OH excluding ortho intramolecular Hbond substituents is 1. The van der Waals surface area contributed by atoms with E-state index in [1.165, 1.54) is 6.92 Å². The maximum Gasteiger partial charge on any atom is 0.146 e. The third-order valence-electron chi connectivity index (χ3n) is 2.25. The summed E-state index contributed by atoms with van der Waals surface area (Å²) in [5.74, 6) is 0.211. The van der Waals surface area contributed by atoms with E-state index >= 15 is 0 Å². The highest BCUT2D eigenvalue weighted by atomic mass is 16.3. The summed E-state index contributed by atoms with van der Waals surface area (Å²) in [5.41, 5.74) is 7.31. The Kier molecular flexibility index (Phi) is 3.25. The van der Waals surface area contributed by atoms with Gasteiger partial charge in [0.2, 0.25) is 0 Å². The molecule has 1 unspecified atom stereocenters. The number of carbonyl (C=O) groups excluding carboxylic acids is 1. The van der Waals surface area contributed by atoms with Crippen molar-refractivity contribution < 1.29 is 9.90 Å². The van der Waals surface area contributed by atoms with Crippen molar-refractivity contribution in [3.8, 4) is 5.75 Å². The summed E-state index contributed by atoms with van der Waals surface area (Å²) in [4.78, 5) is 10.9. The Labute approximate surface area is 83.6 Å². The normalized spacial score (nSPS) is 12.5. The number of Topliss-reactive ketones (excluding diaryl/α,β-unsaturated/α-hetero) is 1. The quantitative estimate of drug-likeness (QED) is 0.757. The minimum Gasteiger partial charge on any atom is -0.508 e.